The van der Waals surface area contributed by atoms with E-state index in [-0.39, 0.29) is 36.0 Å². The number of nitrogens with one attached hydrogen (secondary N) is 3. The summed E-state index contributed by atoms with van der Waals surface area (Å²) in [5.74, 6) is -0.155. The molecular weight excluding hydrogens is 296 g/mol. The van der Waals surface area contributed by atoms with Crippen LogP contribution >= 0.6 is 0 Å². The van der Waals surface area contributed by atoms with Crippen molar-refractivity contribution < 1.29 is 13.2 Å². The van der Waals surface area contributed by atoms with Gasteiger partial charge in [-0.1, -0.05) is 0 Å². The molecule has 0 spiro atoms. The third-order valence-electron chi connectivity index (χ3n) is 3.40. The number of benzene rings is 1. The molecule has 1 amide bonds. The number of carbonyl (C=O) groups is 1. The fraction of sp³-hybridized carbons (Fsp3) is 0.333. The maximum absolute atomic E-state index is 12.6. The van der Waals surface area contributed by atoms with Gasteiger partial charge in [0.05, 0.1) is 15.9 Å². The Hall–Kier alpha value is -2.13. The fourth-order valence-electron chi connectivity index (χ4n) is 2.31. The number of nitrogens with zero attached hydrogens (tertiary/aromatic N) is 1. The Kier molecular flexibility index (Phi) is 3.30. The topological polar surface area (TPSA) is 115 Å². The second-order valence-electron chi connectivity index (χ2n) is 4.79. The van der Waals surface area contributed by atoms with E-state index in [2.05, 4.69) is 15.3 Å². The number of hydrogen-bond acceptors (Lipinski definition) is 4. The van der Waals surface area contributed by atoms with E-state index in [9.17, 15) is 18.0 Å². The summed E-state index contributed by atoms with van der Waals surface area (Å²) in [6.45, 7) is 0.674. The Balaban J connectivity index is 1.98. The van der Waals surface area contributed by atoms with Gasteiger partial charge in [-0.25, -0.2) is 13.2 Å². The summed E-state index contributed by atoms with van der Waals surface area (Å²) in [5.41, 5.74) is 0.598. The highest BCUT2D eigenvalue weighted by molar-refractivity contribution is 7.89. The fourth-order valence-corrected chi connectivity index (χ4v) is 3.78. The summed E-state index contributed by atoms with van der Waals surface area (Å²) < 4.78 is 26.4. The highest BCUT2D eigenvalue weighted by atomic mass is 32.2. The molecule has 1 saturated heterocycles. The molecule has 0 radical (unpaired) electrons. The summed E-state index contributed by atoms with van der Waals surface area (Å²) in [7, 11) is -3.69. The van der Waals surface area contributed by atoms with Crippen molar-refractivity contribution in [3.8, 4) is 0 Å². The smallest absolute Gasteiger partial charge is 0.323 e. The van der Waals surface area contributed by atoms with Crippen molar-refractivity contribution in [2.24, 2.45) is 0 Å². The molecule has 0 saturated carbocycles. The molecule has 8 nitrogen and oxygen atoms in total. The third-order valence-corrected chi connectivity index (χ3v) is 5.29. The first-order valence-corrected chi connectivity index (χ1v) is 7.90. The number of rotatable bonds is 2. The highest BCUT2D eigenvalue weighted by Crippen LogP contribution is 2.19. The lowest BCUT2D eigenvalue weighted by molar-refractivity contribution is -0.120. The predicted octanol–water partition coefficient (Wildman–Crippen LogP) is -0.633. The minimum Gasteiger partial charge on any atom is -0.355 e. The molecule has 0 unspecified atom stereocenters. The minimum atomic E-state index is -3.69. The van der Waals surface area contributed by atoms with Gasteiger partial charge in [0.25, 0.3) is 0 Å². The van der Waals surface area contributed by atoms with Crippen LogP contribution in [0.3, 0.4) is 0 Å². The average molecular weight is 310 g/mol. The van der Waals surface area contributed by atoms with Crippen molar-refractivity contribution in [1.82, 2.24) is 19.6 Å². The molecule has 1 fully saturated rings. The molecule has 0 atom stereocenters. The van der Waals surface area contributed by atoms with Crippen LogP contribution in [0.25, 0.3) is 11.0 Å². The quantitative estimate of drug-likeness (QED) is 0.684. The molecule has 1 aliphatic rings. The number of hydrogen-bond donors (Lipinski definition) is 3. The lowest BCUT2D eigenvalue weighted by Gasteiger charge is -2.19. The van der Waals surface area contributed by atoms with Crippen molar-refractivity contribution in [1.29, 1.82) is 0 Å². The van der Waals surface area contributed by atoms with Gasteiger partial charge >= 0.3 is 5.69 Å². The molecule has 2 aromatic rings. The summed E-state index contributed by atoms with van der Waals surface area (Å²) in [6, 6.07) is 4.41. The van der Waals surface area contributed by atoms with Gasteiger partial charge in [0.1, 0.15) is 0 Å². The van der Waals surface area contributed by atoms with E-state index in [0.29, 0.717) is 17.6 Å². The number of sulfonamides is 1. The number of carbonyl (C=O) groups excluding carboxylic acids is 1. The van der Waals surface area contributed by atoms with Gasteiger partial charge in [0.2, 0.25) is 15.9 Å². The van der Waals surface area contributed by atoms with Gasteiger partial charge in [0.15, 0.2) is 0 Å². The second-order valence-corrected chi connectivity index (χ2v) is 6.73. The molecule has 21 heavy (non-hydrogen) atoms. The Labute approximate surface area is 120 Å². The first kappa shape index (κ1) is 13.8. The van der Waals surface area contributed by atoms with Crippen LogP contribution in [0.4, 0.5) is 0 Å². The van der Waals surface area contributed by atoms with Crippen LogP contribution in [0.15, 0.2) is 27.9 Å². The Morgan fingerprint density at radius 1 is 1.05 bits per heavy atom. The van der Waals surface area contributed by atoms with E-state index in [0.717, 1.165) is 0 Å². The van der Waals surface area contributed by atoms with E-state index in [4.69, 9.17) is 0 Å². The number of amides is 1. The molecule has 0 aliphatic carbocycles. The van der Waals surface area contributed by atoms with E-state index < -0.39 is 10.0 Å². The summed E-state index contributed by atoms with van der Waals surface area (Å²) >= 11 is 0. The van der Waals surface area contributed by atoms with E-state index in [1.54, 1.807) is 6.07 Å². The van der Waals surface area contributed by atoms with E-state index in [1.807, 2.05) is 0 Å². The van der Waals surface area contributed by atoms with Gasteiger partial charge in [0, 0.05) is 26.1 Å². The molecule has 2 heterocycles. The van der Waals surface area contributed by atoms with Crippen molar-refractivity contribution in [3.05, 3.63) is 28.7 Å². The summed E-state index contributed by atoms with van der Waals surface area (Å²) in [5, 5.41) is 2.63. The Morgan fingerprint density at radius 2 is 1.81 bits per heavy atom. The van der Waals surface area contributed by atoms with Crippen LogP contribution in [0.2, 0.25) is 0 Å². The molecule has 0 bridgehead atoms. The standard InChI is InChI=1S/C12H14N4O4S/c17-11-3-5-16(6-4-13-11)21(19,20)8-1-2-9-10(7-8)15-12(18)14-9/h1-2,7H,3-6H2,(H,13,17)(H2,14,15,18). The Bertz CT molecular complexity index is 852. The molecule has 3 rings (SSSR count). The van der Waals surface area contributed by atoms with E-state index >= 15 is 0 Å². The molecular formula is C12H14N4O4S. The van der Waals surface area contributed by atoms with Gasteiger partial charge in [-0.05, 0) is 18.2 Å². The zero-order valence-electron chi connectivity index (χ0n) is 11.0. The zero-order chi connectivity index (χ0) is 15.0. The van der Waals surface area contributed by atoms with Gasteiger partial charge in [-0.3, -0.25) is 4.79 Å². The average Bonchev–Trinajstić information content (AvgIpc) is 2.66. The molecule has 1 aromatic carbocycles. The maximum Gasteiger partial charge on any atom is 0.323 e. The van der Waals surface area contributed by atoms with Crippen LogP contribution < -0.4 is 11.0 Å². The van der Waals surface area contributed by atoms with Crippen molar-refractivity contribution >= 4 is 27.0 Å². The van der Waals surface area contributed by atoms with Crippen LogP contribution in [0, 0.1) is 0 Å². The van der Waals surface area contributed by atoms with Crippen molar-refractivity contribution in [2.75, 3.05) is 19.6 Å². The van der Waals surface area contributed by atoms with Crippen molar-refractivity contribution in [2.45, 2.75) is 11.3 Å². The summed E-state index contributed by atoms with van der Waals surface area (Å²) in [4.78, 5) is 27.7. The Morgan fingerprint density at radius 3 is 2.62 bits per heavy atom. The van der Waals surface area contributed by atoms with Gasteiger partial charge < -0.3 is 15.3 Å². The molecule has 1 aliphatic heterocycles. The first-order valence-electron chi connectivity index (χ1n) is 6.46. The lowest BCUT2D eigenvalue weighted by atomic mass is 10.3. The van der Waals surface area contributed by atoms with Crippen molar-refractivity contribution in [3.63, 3.8) is 0 Å². The van der Waals surface area contributed by atoms with Crippen LogP contribution in [-0.2, 0) is 14.8 Å². The number of aromatic nitrogens is 2. The van der Waals surface area contributed by atoms with Gasteiger partial charge in [-0.2, -0.15) is 4.31 Å². The lowest BCUT2D eigenvalue weighted by Crippen LogP contribution is -2.34. The minimum absolute atomic E-state index is 0.0969. The third kappa shape index (κ3) is 2.57. The summed E-state index contributed by atoms with van der Waals surface area (Å²) in [6.07, 6.45) is 0.141. The van der Waals surface area contributed by atoms with E-state index in [1.165, 1.54) is 16.4 Å². The van der Waals surface area contributed by atoms with Crippen LogP contribution in [0.5, 0.6) is 0 Å². The second kappa shape index (κ2) is 5.01. The van der Waals surface area contributed by atoms with Crippen LogP contribution in [-0.4, -0.2) is 48.2 Å². The first-order chi connectivity index (χ1) is 9.96. The molecule has 3 N–H and O–H groups in total. The number of fused-ring (bicyclic) bond motifs is 1. The number of aromatic amines is 2. The zero-order valence-corrected chi connectivity index (χ0v) is 11.9. The molecule has 112 valence electrons. The normalized spacial score (nSPS) is 17.6. The van der Waals surface area contributed by atoms with Gasteiger partial charge in [-0.15, -0.1) is 0 Å². The van der Waals surface area contributed by atoms with Crippen LogP contribution in [0.1, 0.15) is 6.42 Å². The predicted molar refractivity (Wildman–Crippen MR) is 75.3 cm³/mol. The highest BCUT2D eigenvalue weighted by Gasteiger charge is 2.27. The molecule has 9 heteroatoms. The largest absolute Gasteiger partial charge is 0.355 e. The molecule has 1 aromatic heterocycles. The number of imidazole rings is 1. The maximum atomic E-state index is 12.6. The number of H-pyrrole nitrogens is 2. The SMILES string of the molecule is O=C1CCN(S(=O)(=O)c2ccc3[nH]c(=O)[nH]c3c2)CCN1. The monoisotopic (exact) mass is 310 g/mol.